The van der Waals surface area contributed by atoms with Crippen LogP contribution in [0.15, 0.2) is 21.8 Å². The summed E-state index contributed by atoms with van der Waals surface area (Å²) in [6, 6.07) is 0. The first-order valence-electron chi connectivity index (χ1n) is 3.79. The molecule has 0 amide bonds. The van der Waals surface area contributed by atoms with Gasteiger partial charge in [0, 0.05) is 0 Å². The zero-order valence-corrected chi connectivity index (χ0v) is 11.3. The van der Waals surface area contributed by atoms with Crippen LogP contribution < -0.4 is 0 Å². The van der Waals surface area contributed by atoms with Crippen LogP contribution in [0.1, 0.15) is 27.2 Å². The first kappa shape index (κ1) is 16.0. The van der Waals surface area contributed by atoms with Crippen LogP contribution in [0.2, 0.25) is 0 Å². The van der Waals surface area contributed by atoms with Crippen LogP contribution >= 0.6 is 24.8 Å². The standard InChI is InChI=1S/C9H13O.2ClH.Ti/c1-9(2,3)10-8-6-4-5-7-8;;;/h4,6H,5H2,1-3H3;2*1H;. The summed E-state index contributed by atoms with van der Waals surface area (Å²) >= 11 is 2.11. The topological polar surface area (TPSA) is 9.23 Å². The van der Waals surface area contributed by atoms with Gasteiger partial charge in [0.05, 0.1) is 0 Å². The maximum atomic E-state index is 5.70. The van der Waals surface area contributed by atoms with E-state index >= 15 is 0 Å². The quantitative estimate of drug-likeness (QED) is 0.655. The molecular weight excluding hydrogens is 243 g/mol. The van der Waals surface area contributed by atoms with E-state index in [1.165, 1.54) is 3.88 Å². The molecule has 0 bridgehead atoms. The summed E-state index contributed by atoms with van der Waals surface area (Å²) in [5, 5.41) is 0. The van der Waals surface area contributed by atoms with Crippen molar-refractivity contribution in [2.75, 3.05) is 0 Å². The Morgan fingerprint density at radius 3 is 2.15 bits per heavy atom. The predicted octanol–water partition coefficient (Wildman–Crippen LogP) is 3.36. The average molecular weight is 258 g/mol. The minimum Gasteiger partial charge on any atom is -0.147 e. The van der Waals surface area contributed by atoms with E-state index in [0.717, 1.165) is 12.2 Å². The largest absolute Gasteiger partial charge is 0.147 e. The van der Waals surface area contributed by atoms with Gasteiger partial charge in [0.1, 0.15) is 0 Å². The molecule has 0 aromatic carbocycles. The molecule has 0 saturated heterocycles. The maximum absolute atomic E-state index is 5.70. The van der Waals surface area contributed by atoms with Gasteiger partial charge >= 0.3 is 79.8 Å². The Hall–Kier alpha value is 0.574. The summed E-state index contributed by atoms with van der Waals surface area (Å²) in [7, 11) is 0. The summed E-state index contributed by atoms with van der Waals surface area (Å²) in [6.45, 7) is 6.21. The van der Waals surface area contributed by atoms with Crippen LogP contribution in [0.3, 0.4) is 0 Å². The molecular formula is C9H15Cl2OTi. The Morgan fingerprint density at radius 2 is 1.85 bits per heavy atom. The zero-order valence-electron chi connectivity index (χ0n) is 8.09. The molecule has 0 atom stereocenters. The number of halogens is 2. The van der Waals surface area contributed by atoms with Gasteiger partial charge in [-0.05, 0) is 0 Å². The van der Waals surface area contributed by atoms with E-state index < -0.39 is 0 Å². The van der Waals surface area contributed by atoms with Gasteiger partial charge in [-0.2, -0.15) is 0 Å². The number of allylic oxidation sites excluding steroid dienone is 3. The summed E-state index contributed by atoms with van der Waals surface area (Å²) in [4.78, 5) is 0. The molecule has 0 aromatic rings. The molecule has 0 spiro atoms. The molecule has 13 heavy (non-hydrogen) atoms. The van der Waals surface area contributed by atoms with Gasteiger partial charge < -0.3 is 0 Å². The fourth-order valence-electron chi connectivity index (χ4n) is 0.910. The van der Waals surface area contributed by atoms with Gasteiger partial charge in [0.25, 0.3) is 0 Å². The van der Waals surface area contributed by atoms with E-state index in [9.17, 15) is 0 Å². The van der Waals surface area contributed by atoms with Crippen LogP contribution in [-0.4, -0.2) is 5.60 Å². The molecule has 0 fully saturated rings. The number of hydrogen-bond donors (Lipinski definition) is 0. The normalized spacial score (nSPS) is 14.9. The maximum Gasteiger partial charge on any atom is -0.147 e. The van der Waals surface area contributed by atoms with Crippen LogP contribution in [0.25, 0.3) is 0 Å². The Morgan fingerprint density at radius 1 is 1.31 bits per heavy atom. The van der Waals surface area contributed by atoms with Crippen molar-refractivity contribution < 1.29 is 25.2 Å². The van der Waals surface area contributed by atoms with Crippen molar-refractivity contribution in [3.05, 3.63) is 21.8 Å². The molecule has 1 rings (SSSR count). The van der Waals surface area contributed by atoms with Crippen molar-refractivity contribution in [1.82, 2.24) is 0 Å². The smallest absolute Gasteiger partial charge is 0.147 e. The molecule has 0 heterocycles. The first-order valence-corrected chi connectivity index (χ1v) is 4.57. The van der Waals surface area contributed by atoms with Crippen molar-refractivity contribution in [2.45, 2.75) is 32.8 Å². The molecule has 1 aliphatic carbocycles. The summed E-state index contributed by atoms with van der Waals surface area (Å²) in [5.41, 5.74) is -0.0642. The van der Waals surface area contributed by atoms with E-state index in [-0.39, 0.29) is 30.4 Å². The zero-order chi connectivity index (χ0) is 8.48. The molecule has 0 N–H and O–H groups in total. The number of hydrogen-bond acceptors (Lipinski definition) is 1. The van der Waals surface area contributed by atoms with E-state index in [1.807, 2.05) is 0 Å². The molecule has 0 radical (unpaired) electrons. The van der Waals surface area contributed by atoms with E-state index in [0.29, 0.717) is 0 Å². The third-order valence-corrected chi connectivity index (χ3v) is 2.01. The van der Waals surface area contributed by atoms with E-state index in [1.54, 1.807) is 0 Å². The molecule has 0 unspecified atom stereocenters. The van der Waals surface area contributed by atoms with E-state index in [2.05, 4.69) is 53.4 Å². The average Bonchev–Trinajstić information content (AvgIpc) is 2.12. The second-order valence-electron chi connectivity index (χ2n) is 3.66. The third kappa shape index (κ3) is 5.80. The Labute approximate surface area is 104 Å². The fourth-order valence-corrected chi connectivity index (χ4v) is 1.30. The molecule has 4 heteroatoms. The fraction of sp³-hybridized carbons (Fsp3) is 0.556. The molecule has 0 saturated carbocycles. The summed E-state index contributed by atoms with van der Waals surface area (Å²) < 4.78 is 7.04. The monoisotopic (exact) mass is 257 g/mol. The second kappa shape index (κ2) is 6.13. The first-order chi connectivity index (χ1) is 4.99. The SMILES string of the molecule is CC(C)(C)OC1=[C]([Ti])CC=C1.Cl.Cl. The van der Waals surface area contributed by atoms with Crippen LogP contribution in [-0.2, 0) is 25.2 Å². The van der Waals surface area contributed by atoms with Gasteiger partial charge in [0.2, 0.25) is 0 Å². The van der Waals surface area contributed by atoms with Crippen molar-refractivity contribution in [2.24, 2.45) is 0 Å². The van der Waals surface area contributed by atoms with Gasteiger partial charge in [-0.1, -0.05) is 0 Å². The van der Waals surface area contributed by atoms with Gasteiger partial charge in [0.15, 0.2) is 0 Å². The van der Waals surface area contributed by atoms with Crippen molar-refractivity contribution >= 4 is 24.8 Å². The van der Waals surface area contributed by atoms with Crippen LogP contribution in [0.4, 0.5) is 0 Å². The van der Waals surface area contributed by atoms with Gasteiger partial charge in [-0.15, -0.1) is 24.8 Å². The van der Waals surface area contributed by atoms with Crippen molar-refractivity contribution in [3.63, 3.8) is 0 Å². The predicted molar refractivity (Wildman–Crippen MR) is 56.1 cm³/mol. The minimum atomic E-state index is -0.0642. The summed E-state index contributed by atoms with van der Waals surface area (Å²) in [6.07, 6.45) is 5.24. The molecule has 75 valence electrons. The van der Waals surface area contributed by atoms with Crippen LogP contribution in [0.5, 0.6) is 0 Å². The van der Waals surface area contributed by atoms with Crippen molar-refractivity contribution in [3.8, 4) is 0 Å². The van der Waals surface area contributed by atoms with Crippen LogP contribution in [0, 0.1) is 0 Å². The molecule has 1 aliphatic rings. The van der Waals surface area contributed by atoms with Gasteiger partial charge in [-0.25, -0.2) is 0 Å². The number of ether oxygens (including phenoxy) is 1. The minimum absolute atomic E-state index is 0. The molecule has 1 nitrogen and oxygen atoms in total. The Balaban J connectivity index is 0. The molecule has 0 aliphatic heterocycles. The van der Waals surface area contributed by atoms with E-state index in [4.69, 9.17) is 4.74 Å². The Kier molecular flexibility index (Phi) is 7.56. The molecule has 0 aromatic heterocycles. The van der Waals surface area contributed by atoms with Crippen molar-refractivity contribution in [1.29, 1.82) is 0 Å². The second-order valence-corrected chi connectivity index (χ2v) is 4.61. The summed E-state index contributed by atoms with van der Waals surface area (Å²) in [5.74, 6) is 1.05. The third-order valence-electron chi connectivity index (χ3n) is 1.30. The number of rotatable bonds is 1. The Bertz CT molecular complexity index is 216. The van der Waals surface area contributed by atoms with Gasteiger partial charge in [-0.3, -0.25) is 0 Å².